The highest BCUT2D eigenvalue weighted by atomic mass is 16.2. The predicted octanol–water partition coefficient (Wildman–Crippen LogP) is 3.63. The highest BCUT2D eigenvalue weighted by molar-refractivity contribution is 5.71. The number of quaternary nitrogens is 1. The van der Waals surface area contributed by atoms with E-state index in [0.717, 1.165) is 25.9 Å². The fraction of sp³-hybridized carbons (Fsp3) is 0.786. The molecule has 1 unspecified atom stereocenters. The van der Waals surface area contributed by atoms with Crippen molar-refractivity contribution in [1.29, 1.82) is 0 Å². The Morgan fingerprint density at radius 3 is 2.50 bits per heavy atom. The van der Waals surface area contributed by atoms with Gasteiger partial charge in [-0.1, -0.05) is 32.6 Å². The smallest absolute Gasteiger partial charge is 0.235 e. The molecule has 1 atom stereocenters. The van der Waals surface area contributed by atoms with Gasteiger partial charge in [0, 0.05) is 6.42 Å². The summed E-state index contributed by atoms with van der Waals surface area (Å²) in [6.07, 6.45) is 11.4. The molecule has 0 spiro atoms. The van der Waals surface area contributed by atoms with E-state index in [2.05, 4.69) is 13.5 Å². The van der Waals surface area contributed by atoms with E-state index in [4.69, 9.17) is 0 Å². The van der Waals surface area contributed by atoms with Gasteiger partial charge in [-0.3, -0.25) is 0 Å². The molecule has 0 aromatic carbocycles. The van der Waals surface area contributed by atoms with Gasteiger partial charge in [0.25, 0.3) is 0 Å². The summed E-state index contributed by atoms with van der Waals surface area (Å²) in [5.74, 6) is 0.378. The summed E-state index contributed by atoms with van der Waals surface area (Å²) in [6.45, 7) is 8.05. The van der Waals surface area contributed by atoms with Crippen LogP contribution in [0.25, 0.3) is 0 Å². The third-order valence-corrected chi connectivity index (χ3v) is 3.70. The second-order valence-electron chi connectivity index (χ2n) is 4.93. The number of hydrogen-bond acceptors (Lipinski definition) is 1. The first-order chi connectivity index (χ1) is 7.75. The van der Waals surface area contributed by atoms with Crippen LogP contribution in [0.2, 0.25) is 0 Å². The van der Waals surface area contributed by atoms with E-state index in [1.807, 2.05) is 6.20 Å². The van der Waals surface area contributed by atoms with E-state index < -0.39 is 0 Å². The Hall–Kier alpha value is -0.630. The number of hydrogen-bond donors (Lipinski definition) is 0. The quantitative estimate of drug-likeness (QED) is 0.454. The minimum atomic E-state index is 0.378. The topological polar surface area (TPSA) is 17.1 Å². The van der Waals surface area contributed by atoms with Crippen molar-refractivity contribution in [3.63, 3.8) is 0 Å². The average molecular weight is 224 g/mol. The average Bonchev–Trinajstić information content (AvgIpc) is 2.66. The molecule has 16 heavy (non-hydrogen) atoms. The first kappa shape index (κ1) is 13.4. The van der Waals surface area contributed by atoms with Crippen molar-refractivity contribution in [2.75, 3.05) is 13.1 Å². The summed E-state index contributed by atoms with van der Waals surface area (Å²) in [7, 11) is 0. The van der Waals surface area contributed by atoms with Crippen LogP contribution >= 0.6 is 0 Å². The number of nitrogens with zero attached hydrogens (tertiary/aromatic N) is 1. The van der Waals surface area contributed by atoms with Crippen LogP contribution in [0, 0.1) is 0 Å². The highest BCUT2D eigenvalue weighted by Gasteiger charge is 2.38. The van der Waals surface area contributed by atoms with Gasteiger partial charge in [-0.05, 0) is 19.4 Å². The van der Waals surface area contributed by atoms with Gasteiger partial charge in [0.1, 0.15) is 0 Å². The Labute approximate surface area is 99.9 Å². The van der Waals surface area contributed by atoms with Crippen molar-refractivity contribution in [2.45, 2.75) is 58.3 Å². The summed E-state index contributed by atoms with van der Waals surface area (Å²) < 4.78 is 0.549. The number of likely N-dealkylation sites (tertiary alicyclic amines) is 1. The maximum absolute atomic E-state index is 11.8. The minimum Gasteiger partial charge on any atom is -0.235 e. The van der Waals surface area contributed by atoms with Crippen LogP contribution in [0.4, 0.5) is 0 Å². The lowest BCUT2D eigenvalue weighted by atomic mass is 10.1. The summed E-state index contributed by atoms with van der Waals surface area (Å²) in [5, 5.41) is 0. The lowest BCUT2D eigenvalue weighted by molar-refractivity contribution is -0.794. The molecule has 0 aromatic rings. The molecular formula is C14H26NO+. The standard InChI is InChI=1S/C14H26NO/c1-3-5-6-7-8-9-12-15(4-2)13-10-11-14(15)16/h4H,2-3,5-13H2,1H3/q+1. The summed E-state index contributed by atoms with van der Waals surface area (Å²) in [4.78, 5) is 11.8. The third kappa shape index (κ3) is 3.44. The maximum atomic E-state index is 11.8. The highest BCUT2D eigenvalue weighted by Crippen LogP contribution is 2.23. The molecular weight excluding hydrogens is 198 g/mol. The molecule has 2 nitrogen and oxygen atoms in total. The molecule has 1 rings (SSSR count). The van der Waals surface area contributed by atoms with E-state index in [9.17, 15) is 4.79 Å². The zero-order valence-electron chi connectivity index (χ0n) is 10.7. The van der Waals surface area contributed by atoms with Gasteiger partial charge in [-0.2, -0.15) is 0 Å². The molecule has 92 valence electrons. The molecule has 2 heteroatoms. The number of unbranched alkanes of at least 4 members (excludes halogenated alkanes) is 5. The van der Waals surface area contributed by atoms with Crippen molar-refractivity contribution in [3.05, 3.63) is 12.8 Å². The van der Waals surface area contributed by atoms with Crippen LogP contribution in [-0.4, -0.2) is 23.5 Å². The Balaban J connectivity index is 2.19. The van der Waals surface area contributed by atoms with E-state index in [0.29, 0.717) is 10.4 Å². The molecule has 1 saturated heterocycles. The monoisotopic (exact) mass is 224 g/mol. The largest absolute Gasteiger partial charge is 0.318 e. The summed E-state index contributed by atoms with van der Waals surface area (Å²) in [6, 6.07) is 0. The lowest BCUT2D eigenvalue weighted by Crippen LogP contribution is -2.44. The van der Waals surface area contributed by atoms with Crippen LogP contribution in [0.15, 0.2) is 12.8 Å². The van der Waals surface area contributed by atoms with Crippen molar-refractivity contribution in [3.8, 4) is 0 Å². The normalized spacial score (nSPS) is 24.9. The van der Waals surface area contributed by atoms with Gasteiger partial charge >= 0.3 is 5.91 Å². The first-order valence-corrected chi connectivity index (χ1v) is 6.79. The third-order valence-electron chi connectivity index (χ3n) is 3.70. The van der Waals surface area contributed by atoms with Crippen LogP contribution < -0.4 is 0 Å². The Bertz CT molecular complexity index is 237. The summed E-state index contributed by atoms with van der Waals surface area (Å²) in [5.41, 5.74) is 0. The molecule has 1 aliphatic rings. The molecule has 1 amide bonds. The van der Waals surface area contributed by atoms with Crippen molar-refractivity contribution < 1.29 is 9.28 Å². The molecule has 0 saturated carbocycles. The second-order valence-corrected chi connectivity index (χ2v) is 4.93. The molecule has 0 N–H and O–H groups in total. The molecule has 1 aliphatic heterocycles. The van der Waals surface area contributed by atoms with Crippen LogP contribution in [0.1, 0.15) is 58.3 Å². The Morgan fingerprint density at radius 2 is 1.94 bits per heavy atom. The van der Waals surface area contributed by atoms with E-state index >= 15 is 0 Å². The number of carbonyl (C=O) groups is 1. The molecule has 0 aliphatic carbocycles. The maximum Gasteiger partial charge on any atom is 0.318 e. The molecule has 0 bridgehead atoms. The van der Waals surface area contributed by atoms with Crippen molar-refractivity contribution in [1.82, 2.24) is 0 Å². The first-order valence-electron chi connectivity index (χ1n) is 6.79. The van der Waals surface area contributed by atoms with Crippen LogP contribution in [-0.2, 0) is 4.79 Å². The summed E-state index contributed by atoms with van der Waals surface area (Å²) >= 11 is 0. The zero-order chi connectivity index (χ0) is 11.9. The van der Waals surface area contributed by atoms with Gasteiger partial charge < -0.3 is 0 Å². The van der Waals surface area contributed by atoms with Gasteiger partial charge in [-0.15, -0.1) is 0 Å². The number of amides is 1. The molecule has 0 aromatic heterocycles. The van der Waals surface area contributed by atoms with E-state index in [1.165, 1.54) is 38.5 Å². The second kappa shape index (κ2) is 6.85. The van der Waals surface area contributed by atoms with Gasteiger partial charge in [0.15, 0.2) is 0 Å². The van der Waals surface area contributed by atoms with Crippen LogP contribution in [0.5, 0.6) is 0 Å². The van der Waals surface area contributed by atoms with Gasteiger partial charge in [0.05, 0.1) is 25.7 Å². The molecule has 1 heterocycles. The van der Waals surface area contributed by atoms with Gasteiger partial charge in [0.2, 0.25) is 0 Å². The van der Waals surface area contributed by atoms with E-state index in [1.54, 1.807) is 0 Å². The fourth-order valence-corrected chi connectivity index (χ4v) is 2.55. The van der Waals surface area contributed by atoms with Crippen LogP contribution in [0.3, 0.4) is 0 Å². The molecule has 0 radical (unpaired) electrons. The van der Waals surface area contributed by atoms with E-state index in [-0.39, 0.29) is 0 Å². The van der Waals surface area contributed by atoms with Crippen molar-refractivity contribution in [2.24, 2.45) is 0 Å². The zero-order valence-corrected chi connectivity index (χ0v) is 10.7. The van der Waals surface area contributed by atoms with Gasteiger partial charge in [-0.25, -0.2) is 9.28 Å². The van der Waals surface area contributed by atoms with Crippen molar-refractivity contribution >= 4 is 5.91 Å². The number of rotatable bonds is 8. The minimum absolute atomic E-state index is 0.378. The SMILES string of the molecule is C=C[N+]1(CCCCCCCC)CCCC1=O. The number of carbonyl (C=O) groups excluding carboxylic acids is 1. The Morgan fingerprint density at radius 1 is 1.25 bits per heavy atom. The fourth-order valence-electron chi connectivity index (χ4n) is 2.55. The lowest BCUT2D eigenvalue weighted by Gasteiger charge is -2.26. The Kier molecular flexibility index (Phi) is 5.75. The predicted molar refractivity (Wildman–Crippen MR) is 67.8 cm³/mol. The molecule has 1 fully saturated rings.